The van der Waals surface area contributed by atoms with Crippen LogP contribution in [0.1, 0.15) is 17.8 Å². The Morgan fingerprint density at radius 3 is 2.67 bits per heavy atom. The van der Waals surface area contributed by atoms with Gasteiger partial charge in [0.25, 0.3) is 6.43 Å². The lowest BCUT2D eigenvalue weighted by Crippen LogP contribution is -2.04. The summed E-state index contributed by atoms with van der Waals surface area (Å²) in [6, 6.07) is 2.61. The van der Waals surface area contributed by atoms with Crippen molar-refractivity contribution in [2.75, 3.05) is 0 Å². The number of halogens is 4. The number of aliphatic hydroxyl groups excluding tert-OH is 1. The van der Waals surface area contributed by atoms with Gasteiger partial charge in [0.05, 0.1) is 17.3 Å². The Bertz CT molecular complexity index is 573. The molecule has 0 aliphatic rings. The van der Waals surface area contributed by atoms with Crippen molar-refractivity contribution in [2.45, 2.75) is 13.0 Å². The van der Waals surface area contributed by atoms with Crippen molar-refractivity contribution in [3.8, 4) is 5.69 Å². The number of benzene rings is 1. The van der Waals surface area contributed by atoms with Crippen molar-refractivity contribution in [1.29, 1.82) is 0 Å². The summed E-state index contributed by atoms with van der Waals surface area (Å²) in [4.78, 5) is 3.38. The summed E-state index contributed by atoms with van der Waals surface area (Å²) in [7, 11) is 0. The maximum absolute atomic E-state index is 13.6. The molecule has 8 heteroatoms. The van der Waals surface area contributed by atoms with Crippen LogP contribution in [0.25, 0.3) is 5.69 Å². The smallest absolute Gasteiger partial charge is 0.299 e. The maximum Gasteiger partial charge on any atom is 0.299 e. The molecule has 0 fully saturated rings. The first-order chi connectivity index (χ1) is 8.54. The Morgan fingerprint density at radius 1 is 1.39 bits per heavy atom. The number of hydrogen-bond acceptors (Lipinski definition) is 3. The van der Waals surface area contributed by atoms with Crippen molar-refractivity contribution in [3.05, 3.63) is 40.7 Å². The molecule has 1 aromatic heterocycles. The monoisotopic (exact) mass is 277 g/mol. The average molecular weight is 278 g/mol. The van der Waals surface area contributed by atoms with Gasteiger partial charge in [0, 0.05) is 5.56 Å². The normalized spacial score (nSPS) is 11.2. The van der Waals surface area contributed by atoms with E-state index in [-0.39, 0.29) is 16.3 Å². The van der Waals surface area contributed by atoms with Crippen LogP contribution in [-0.4, -0.2) is 19.9 Å². The summed E-state index contributed by atoms with van der Waals surface area (Å²) in [5, 5.41) is 12.4. The van der Waals surface area contributed by atoms with Gasteiger partial charge < -0.3 is 5.11 Å². The molecule has 0 saturated heterocycles. The summed E-state index contributed by atoms with van der Waals surface area (Å²) in [5.41, 5.74) is -0.0213. The Balaban J connectivity index is 2.53. The van der Waals surface area contributed by atoms with E-state index in [1.54, 1.807) is 0 Å². The molecule has 0 saturated carbocycles. The largest absolute Gasteiger partial charge is 0.391 e. The van der Waals surface area contributed by atoms with E-state index in [1.807, 2.05) is 0 Å². The number of rotatable bonds is 3. The third kappa shape index (κ3) is 2.19. The fourth-order valence-corrected chi connectivity index (χ4v) is 1.62. The van der Waals surface area contributed by atoms with Crippen LogP contribution in [0.5, 0.6) is 0 Å². The first-order valence-corrected chi connectivity index (χ1v) is 5.20. The van der Waals surface area contributed by atoms with E-state index in [1.165, 1.54) is 12.1 Å². The Labute approximate surface area is 105 Å². The highest BCUT2D eigenvalue weighted by Crippen LogP contribution is 2.25. The molecule has 0 aliphatic heterocycles. The molecular weight excluding hydrogens is 271 g/mol. The van der Waals surface area contributed by atoms with Gasteiger partial charge in [-0.05, 0) is 12.1 Å². The van der Waals surface area contributed by atoms with Gasteiger partial charge in [0.1, 0.15) is 12.1 Å². The molecule has 0 unspecified atom stereocenters. The van der Waals surface area contributed by atoms with Gasteiger partial charge in [-0.2, -0.15) is 0 Å². The number of hydrogen-bond donors (Lipinski definition) is 1. The number of nitrogens with zero attached hydrogens (tertiary/aromatic N) is 3. The molecule has 0 bridgehead atoms. The zero-order valence-electron chi connectivity index (χ0n) is 8.82. The second-order valence-electron chi connectivity index (χ2n) is 3.37. The summed E-state index contributed by atoms with van der Waals surface area (Å²) >= 11 is 5.56. The van der Waals surface area contributed by atoms with Crippen LogP contribution >= 0.6 is 11.6 Å². The van der Waals surface area contributed by atoms with Crippen molar-refractivity contribution in [3.63, 3.8) is 0 Å². The third-order valence-corrected chi connectivity index (χ3v) is 2.57. The van der Waals surface area contributed by atoms with E-state index < -0.39 is 24.7 Å². The molecule has 18 heavy (non-hydrogen) atoms. The lowest BCUT2D eigenvalue weighted by atomic mass is 10.2. The molecule has 0 atom stereocenters. The predicted molar refractivity (Wildman–Crippen MR) is 57.2 cm³/mol. The van der Waals surface area contributed by atoms with Crippen LogP contribution in [0.15, 0.2) is 18.5 Å². The highest BCUT2D eigenvalue weighted by Gasteiger charge is 2.17. The highest BCUT2D eigenvalue weighted by molar-refractivity contribution is 6.30. The molecule has 2 aromatic rings. The van der Waals surface area contributed by atoms with Gasteiger partial charge >= 0.3 is 0 Å². The van der Waals surface area contributed by atoms with Gasteiger partial charge in [0.15, 0.2) is 0 Å². The van der Waals surface area contributed by atoms with Crippen molar-refractivity contribution in [1.82, 2.24) is 14.8 Å². The Morgan fingerprint density at radius 2 is 2.11 bits per heavy atom. The molecule has 1 aromatic carbocycles. The molecule has 4 nitrogen and oxygen atoms in total. The first kappa shape index (κ1) is 12.8. The van der Waals surface area contributed by atoms with E-state index >= 15 is 0 Å². The average Bonchev–Trinajstić information content (AvgIpc) is 2.82. The molecule has 0 aliphatic carbocycles. The second-order valence-corrected chi connectivity index (χ2v) is 3.77. The van der Waals surface area contributed by atoms with E-state index in [2.05, 4.69) is 10.1 Å². The van der Waals surface area contributed by atoms with E-state index in [9.17, 15) is 13.2 Å². The lowest BCUT2D eigenvalue weighted by Gasteiger charge is -2.08. The lowest BCUT2D eigenvalue weighted by molar-refractivity contribution is 0.140. The van der Waals surface area contributed by atoms with Crippen molar-refractivity contribution >= 4 is 11.6 Å². The summed E-state index contributed by atoms with van der Waals surface area (Å²) in [6.07, 6.45) is -1.80. The van der Waals surface area contributed by atoms with E-state index in [0.29, 0.717) is 0 Å². The quantitative estimate of drug-likeness (QED) is 0.938. The number of alkyl halides is 2. The predicted octanol–water partition coefficient (Wildman–Crippen LogP) is 2.49. The van der Waals surface area contributed by atoms with E-state index in [4.69, 9.17) is 16.7 Å². The third-order valence-electron chi connectivity index (χ3n) is 2.28. The van der Waals surface area contributed by atoms with Gasteiger partial charge in [-0.15, -0.1) is 5.10 Å². The molecule has 1 heterocycles. The highest BCUT2D eigenvalue weighted by atomic mass is 35.5. The van der Waals surface area contributed by atoms with Crippen LogP contribution in [0.4, 0.5) is 13.2 Å². The standard InChI is InChI=1S/C10H7ClF3N3O/c11-6-1-2-7(5(3-18)8(6)12)17-4-15-10(16-17)9(13)14/h1-2,4,9,18H,3H2. The Hall–Kier alpha value is -1.60. The van der Waals surface area contributed by atoms with Gasteiger partial charge in [-0.1, -0.05) is 11.6 Å². The minimum absolute atomic E-state index is 0.110. The minimum Gasteiger partial charge on any atom is -0.391 e. The summed E-state index contributed by atoms with van der Waals surface area (Å²) < 4.78 is 39.3. The fourth-order valence-electron chi connectivity index (χ4n) is 1.44. The fraction of sp³-hybridized carbons (Fsp3) is 0.200. The molecule has 0 spiro atoms. The number of aliphatic hydroxyl groups is 1. The molecule has 0 amide bonds. The summed E-state index contributed by atoms with van der Waals surface area (Å²) in [5.74, 6) is -1.49. The SMILES string of the molecule is OCc1c(-n2cnc(C(F)F)n2)ccc(Cl)c1F. The van der Waals surface area contributed by atoms with Gasteiger partial charge in [0.2, 0.25) is 5.82 Å². The first-order valence-electron chi connectivity index (χ1n) is 4.82. The Kier molecular flexibility index (Phi) is 3.53. The van der Waals surface area contributed by atoms with E-state index in [0.717, 1.165) is 11.0 Å². The van der Waals surface area contributed by atoms with Gasteiger partial charge in [-0.25, -0.2) is 22.8 Å². The summed E-state index contributed by atoms with van der Waals surface area (Å²) in [6.45, 7) is -0.633. The van der Waals surface area contributed by atoms with Crippen molar-refractivity contribution in [2.24, 2.45) is 0 Å². The zero-order chi connectivity index (χ0) is 13.3. The molecule has 1 N–H and O–H groups in total. The van der Waals surface area contributed by atoms with Crippen LogP contribution in [0, 0.1) is 5.82 Å². The molecular formula is C10H7ClF3N3O. The minimum atomic E-state index is -2.82. The van der Waals surface area contributed by atoms with Crippen LogP contribution in [0.3, 0.4) is 0 Å². The topological polar surface area (TPSA) is 50.9 Å². The molecule has 0 radical (unpaired) electrons. The number of aromatic nitrogens is 3. The van der Waals surface area contributed by atoms with Crippen LogP contribution in [-0.2, 0) is 6.61 Å². The second kappa shape index (κ2) is 4.95. The zero-order valence-corrected chi connectivity index (χ0v) is 9.57. The maximum atomic E-state index is 13.6. The molecule has 2 rings (SSSR count). The van der Waals surface area contributed by atoms with Crippen molar-refractivity contribution < 1.29 is 18.3 Å². The van der Waals surface area contributed by atoms with Gasteiger partial charge in [-0.3, -0.25) is 0 Å². The van der Waals surface area contributed by atoms with Crippen LogP contribution in [0.2, 0.25) is 5.02 Å². The molecule has 96 valence electrons. The van der Waals surface area contributed by atoms with Crippen LogP contribution < -0.4 is 0 Å².